The summed E-state index contributed by atoms with van der Waals surface area (Å²) in [5.74, 6) is 0.0109. The van der Waals surface area contributed by atoms with Gasteiger partial charge in [0.05, 0.1) is 0 Å². The number of aromatic hydroxyl groups is 2. The molecule has 3 rings (SSSR count). The Morgan fingerprint density at radius 1 is 1.03 bits per heavy atom. The van der Waals surface area contributed by atoms with E-state index < -0.39 is 0 Å². The minimum Gasteiger partial charge on any atom is -0.508 e. The average Bonchev–Trinajstić information content (AvgIpc) is 2.70. The van der Waals surface area contributed by atoms with Crippen LogP contribution in [0.2, 0.25) is 0 Å². The van der Waals surface area contributed by atoms with Crippen molar-refractivity contribution in [3.8, 4) is 17.2 Å². The van der Waals surface area contributed by atoms with Gasteiger partial charge in [-0.3, -0.25) is 9.59 Å². The SMILES string of the molecule is Cc1ccc(C)c(OCC(=O)NC2CCN(C(=O)c3cc(O)cc(O)c3)CC2)c1C. The second-order valence-electron chi connectivity index (χ2n) is 7.81. The predicted molar refractivity (Wildman–Crippen MR) is 113 cm³/mol. The molecule has 1 saturated heterocycles. The van der Waals surface area contributed by atoms with Crippen LogP contribution in [0, 0.1) is 20.8 Å². The zero-order valence-electron chi connectivity index (χ0n) is 17.6. The maximum Gasteiger partial charge on any atom is 0.258 e. The molecule has 0 saturated carbocycles. The Bertz CT molecular complexity index is 929. The summed E-state index contributed by atoms with van der Waals surface area (Å²) in [4.78, 5) is 26.6. The van der Waals surface area contributed by atoms with Gasteiger partial charge in [0.2, 0.25) is 0 Å². The van der Waals surface area contributed by atoms with Crippen LogP contribution in [0.5, 0.6) is 17.2 Å². The quantitative estimate of drug-likeness (QED) is 0.701. The number of likely N-dealkylation sites (tertiary alicyclic amines) is 1. The van der Waals surface area contributed by atoms with E-state index in [1.807, 2.05) is 32.9 Å². The van der Waals surface area contributed by atoms with E-state index in [1.165, 1.54) is 18.2 Å². The third-order valence-electron chi connectivity index (χ3n) is 5.52. The normalized spacial score (nSPS) is 14.4. The number of piperidine rings is 1. The van der Waals surface area contributed by atoms with Crippen molar-refractivity contribution >= 4 is 11.8 Å². The second-order valence-corrected chi connectivity index (χ2v) is 7.81. The van der Waals surface area contributed by atoms with Crippen LogP contribution in [-0.2, 0) is 4.79 Å². The second kappa shape index (κ2) is 9.07. The lowest BCUT2D eigenvalue weighted by Crippen LogP contribution is -2.47. The van der Waals surface area contributed by atoms with Crippen LogP contribution in [0.3, 0.4) is 0 Å². The lowest BCUT2D eigenvalue weighted by atomic mass is 10.0. The first-order valence-electron chi connectivity index (χ1n) is 10.1. The van der Waals surface area contributed by atoms with Gasteiger partial charge in [-0.15, -0.1) is 0 Å². The molecule has 3 N–H and O–H groups in total. The molecule has 7 nitrogen and oxygen atoms in total. The molecule has 2 aromatic carbocycles. The van der Waals surface area contributed by atoms with Crippen LogP contribution in [0.15, 0.2) is 30.3 Å². The lowest BCUT2D eigenvalue weighted by molar-refractivity contribution is -0.124. The standard InChI is InChI=1S/C23H28N2O5/c1-14-4-5-15(2)22(16(14)3)30-13-21(28)24-18-6-8-25(9-7-18)23(29)17-10-19(26)12-20(27)11-17/h4-5,10-12,18,26-27H,6-9,13H2,1-3H3,(H,24,28). The number of benzene rings is 2. The van der Waals surface area contributed by atoms with Crippen molar-refractivity contribution in [1.82, 2.24) is 10.2 Å². The monoisotopic (exact) mass is 412 g/mol. The first-order chi connectivity index (χ1) is 14.2. The topological polar surface area (TPSA) is 99.1 Å². The molecule has 0 bridgehead atoms. The zero-order valence-corrected chi connectivity index (χ0v) is 17.6. The van der Waals surface area contributed by atoms with Gasteiger partial charge in [0.25, 0.3) is 11.8 Å². The van der Waals surface area contributed by atoms with Crippen LogP contribution in [0.1, 0.15) is 39.9 Å². The van der Waals surface area contributed by atoms with Crippen molar-refractivity contribution < 1.29 is 24.5 Å². The van der Waals surface area contributed by atoms with E-state index in [1.54, 1.807) is 4.90 Å². The molecule has 7 heteroatoms. The number of nitrogens with zero attached hydrogens (tertiary/aromatic N) is 1. The molecule has 1 heterocycles. The number of nitrogens with one attached hydrogen (secondary N) is 1. The first kappa shape index (κ1) is 21.5. The summed E-state index contributed by atoms with van der Waals surface area (Å²) in [5.41, 5.74) is 3.39. The Balaban J connectivity index is 1.49. The number of aryl methyl sites for hydroxylation is 2. The van der Waals surface area contributed by atoms with Crippen LogP contribution in [0.4, 0.5) is 0 Å². The minimum atomic E-state index is -0.250. The number of phenolic OH excluding ortho intramolecular Hbond substituents is 2. The number of amides is 2. The highest BCUT2D eigenvalue weighted by Crippen LogP contribution is 2.26. The summed E-state index contributed by atoms with van der Waals surface area (Å²) in [6.07, 6.45) is 1.26. The van der Waals surface area contributed by atoms with Crippen molar-refractivity contribution in [3.05, 3.63) is 52.6 Å². The van der Waals surface area contributed by atoms with E-state index >= 15 is 0 Å². The molecule has 1 aliphatic rings. The molecular weight excluding hydrogens is 384 g/mol. The van der Waals surface area contributed by atoms with Gasteiger partial charge in [0, 0.05) is 30.8 Å². The number of hydrogen-bond acceptors (Lipinski definition) is 5. The Morgan fingerprint density at radius 2 is 1.63 bits per heavy atom. The predicted octanol–water partition coefficient (Wildman–Crippen LogP) is 2.82. The number of rotatable bonds is 5. The highest BCUT2D eigenvalue weighted by molar-refractivity contribution is 5.95. The Hall–Kier alpha value is -3.22. The number of carbonyl (C=O) groups excluding carboxylic acids is 2. The van der Waals surface area contributed by atoms with Crippen LogP contribution < -0.4 is 10.1 Å². The summed E-state index contributed by atoms with van der Waals surface area (Å²) in [7, 11) is 0. The van der Waals surface area contributed by atoms with E-state index in [4.69, 9.17) is 4.74 Å². The Morgan fingerprint density at radius 3 is 2.27 bits per heavy atom. The summed E-state index contributed by atoms with van der Waals surface area (Å²) in [6, 6.07) is 7.84. The molecule has 0 spiro atoms. The third-order valence-corrected chi connectivity index (χ3v) is 5.52. The Kier molecular flexibility index (Phi) is 6.50. The van der Waals surface area contributed by atoms with Gasteiger partial charge in [-0.1, -0.05) is 12.1 Å². The number of phenols is 2. The number of hydrogen-bond donors (Lipinski definition) is 3. The van der Waals surface area contributed by atoms with Crippen molar-refractivity contribution in [2.45, 2.75) is 39.7 Å². The zero-order chi connectivity index (χ0) is 21.8. The molecule has 0 radical (unpaired) electrons. The average molecular weight is 412 g/mol. The molecule has 2 aromatic rings. The smallest absolute Gasteiger partial charge is 0.258 e. The largest absolute Gasteiger partial charge is 0.508 e. The van der Waals surface area contributed by atoms with Crippen LogP contribution >= 0.6 is 0 Å². The fourth-order valence-electron chi connectivity index (χ4n) is 3.68. The highest BCUT2D eigenvalue weighted by atomic mass is 16.5. The summed E-state index contributed by atoms with van der Waals surface area (Å²) in [5, 5.41) is 22.1. The van der Waals surface area contributed by atoms with Gasteiger partial charge < -0.3 is 25.2 Å². The molecule has 2 amide bonds. The van der Waals surface area contributed by atoms with Gasteiger partial charge in [0.1, 0.15) is 17.2 Å². The molecule has 0 aliphatic carbocycles. The van der Waals surface area contributed by atoms with E-state index in [0.717, 1.165) is 22.4 Å². The summed E-state index contributed by atoms with van der Waals surface area (Å²) >= 11 is 0. The fourth-order valence-corrected chi connectivity index (χ4v) is 3.68. The Labute approximate surface area is 176 Å². The van der Waals surface area contributed by atoms with Gasteiger partial charge in [-0.05, 0) is 62.4 Å². The van der Waals surface area contributed by atoms with Gasteiger partial charge in [-0.25, -0.2) is 0 Å². The van der Waals surface area contributed by atoms with Crippen molar-refractivity contribution in [1.29, 1.82) is 0 Å². The number of ether oxygens (including phenoxy) is 1. The number of carbonyl (C=O) groups is 2. The van der Waals surface area contributed by atoms with Crippen LogP contribution in [0.25, 0.3) is 0 Å². The van der Waals surface area contributed by atoms with Gasteiger partial charge in [-0.2, -0.15) is 0 Å². The van der Waals surface area contributed by atoms with E-state index in [-0.39, 0.29) is 41.5 Å². The van der Waals surface area contributed by atoms with E-state index in [0.29, 0.717) is 25.9 Å². The first-order valence-corrected chi connectivity index (χ1v) is 10.1. The third kappa shape index (κ3) is 5.03. The molecular formula is C23H28N2O5. The summed E-state index contributed by atoms with van der Waals surface area (Å²) < 4.78 is 5.77. The molecule has 30 heavy (non-hydrogen) atoms. The molecule has 160 valence electrons. The molecule has 0 atom stereocenters. The molecule has 0 unspecified atom stereocenters. The van der Waals surface area contributed by atoms with E-state index in [9.17, 15) is 19.8 Å². The van der Waals surface area contributed by atoms with Crippen molar-refractivity contribution in [2.75, 3.05) is 19.7 Å². The molecule has 1 fully saturated rings. The van der Waals surface area contributed by atoms with Crippen molar-refractivity contribution in [3.63, 3.8) is 0 Å². The maximum absolute atomic E-state index is 12.6. The molecule has 1 aliphatic heterocycles. The van der Waals surface area contributed by atoms with Gasteiger partial charge >= 0.3 is 0 Å². The maximum atomic E-state index is 12.6. The van der Waals surface area contributed by atoms with E-state index in [2.05, 4.69) is 5.32 Å². The highest BCUT2D eigenvalue weighted by Gasteiger charge is 2.25. The van der Waals surface area contributed by atoms with Crippen molar-refractivity contribution in [2.24, 2.45) is 0 Å². The fraction of sp³-hybridized carbons (Fsp3) is 0.391. The lowest BCUT2D eigenvalue weighted by Gasteiger charge is -2.32. The van der Waals surface area contributed by atoms with Crippen LogP contribution in [-0.4, -0.2) is 52.7 Å². The summed E-state index contributed by atoms with van der Waals surface area (Å²) in [6.45, 7) is 6.86. The molecule has 0 aromatic heterocycles. The minimum absolute atomic E-state index is 0.0255. The van der Waals surface area contributed by atoms with Gasteiger partial charge in [0.15, 0.2) is 6.61 Å².